The van der Waals surface area contributed by atoms with Crippen molar-refractivity contribution >= 4 is 17.3 Å². The van der Waals surface area contributed by atoms with Gasteiger partial charge < -0.3 is 15.2 Å². The average molecular weight is 355 g/mol. The third kappa shape index (κ3) is 2.43. The molecule has 0 fully saturated rings. The second-order valence-corrected chi connectivity index (χ2v) is 6.52. The Morgan fingerprint density at radius 2 is 1.70 bits per heavy atom. The maximum Gasteiger partial charge on any atom is 0.142 e. The van der Waals surface area contributed by atoms with Crippen LogP contribution < -0.4 is 10.2 Å². The molecule has 0 bridgehead atoms. The van der Waals surface area contributed by atoms with Crippen molar-refractivity contribution < 1.29 is 0 Å². The molecule has 0 spiro atoms. The van der Waals surface area contributed by atoms with Gasteiger partial charge in [-0.15, -0.1) is 0 Å². The van der Waals surface area contributed by atoms with Crippen molar-refractivity contribution in [1.29, 1.82) is 0 Å². The Balaban J connectivity index is 1.80. The quantitative estimate of drug-likeness (QED) is 0.502. The zero-order valence-corrected chi connectivity index (χ0v) is 14.9. The topological polar surface area (TPSA) is 82.6 Å². The molecule has 7 nitrogen and oxygen atoms in total. The summed E-state index contributed by atoms with van der Waals surface area (Å²) in [6, 6.07) is 9.82. The van der Waals surface area contributed by atoms with Crippen LogP contribution in [0.15, 0.2) is 55.1 Å². The standard InChI is InChI=1S/C20H17N7/c1-27(2)20-13(6-4-9-23-20)19-25-16-12-5-3-8-22-18(12)24-15-7-10-21-11-14(15)17(16)26-19/h3-11H,1-2H3,(H,22,24)(H,25,26). The van der Waals surface area contributed by atoms with Gasteiger partial charge in [-0.25, -0.2) is 15.0 Å². The summed E-state index contributed by atoms with van der Waals surface area (Å²) in [5.74, 6) is 2.40. The summed E-state index contributed by atoms with van der Waals surface area (Å²) >= 11 is 0. The summed E-state index contributed by atoms with van der Waals surface area (Å²) in [5.41, 5.74) is 5.56. The number of aromatic amines is 1. The smallest absolute Gasteiger partial charge is 0.142 e. The van der Waals surface area contributed by atoms with Gasteiger partial charge in [-0.1, -0.05) is 0 Å². The molecule has 132 valence electrons. The molecule has 0 atom stereocenters. The van der Waals surface area contributed by atoms with Gasteiger partial charge in [0.15, 0.2) is 0 Å². The lowest BCUT2D eigenvalue weighted by molar-refractivity contribution is 1.06. The number of hydrogen-bond donors (Lipinski definition) is 2. The highest BCUT2D eigenvalue weighted by atomic mass is 15.1. The van der Waals surface area contributed by atoms with Crippen molar-refractivity contribution in [3.63, 3.8) is 0 Å². The second-order valence-electron chi connectivity index (χ2n) is 6.52. The maximum absolute atomic E-state index is 4.93. The summed E-state index contributed by atoms with van der Waals surface area (Å²) in [6.45, 7) is 0. The normalized spacial score (nSPS) is 11.6. The highest BCUT2D eigenvalue weighted by Gasteiger charge is 2.25. The Bertz CT molecular complexity index is 1080. The van der Waals surface area contributed by atoms with Crippen LogP contribution in [-0.4, -0.2) is 39.0 Å². The molecule has 0 aliphatic carbocycles. The van der Waals surface area contributed by atoms with Crippen molar-refractivity contribution in [3.05, 3.63) is 55.1 Å². The summed E-state index contributed by atoms with van der Waals surface area (Å²) in [7, 11) is 3.95. The summed E-state index contributed by atoms with van der Waals surface area (Å²) in [4.78, 5) is 23.7. The number of H-pyrrole nitrogens is 1. The predicted octanol–water partition coefficient (Wildman–Crippen LogP) is 3.72. The van der Waals surface area contributed by atoms with Crippen LogP contribution in [0.4, 0.5) is 17.3 Å². The van der Waals surface area contributed by atoms with Gasteiger partial charge in [0.25, 0.3) is 0 Å². The van der Waals surface area contributed by atoms with E-state index in [0.29, 0.717) is 0 Å². The number of fused-ring (bicyclic) bond motifs is 5. The van der Waals surface area contributed by atoms with Crippen LogP contribution in [0.1, 0.15) is 0 Å². The fraction of sp³-hybridized carbons (Fsp3) is 0.100. The summed E-state index contributed by atoms with van der Waals surface area (Å²) in [6.07, 6.45) is 7.17. The number of pyridine rings is 3. The Morgan fingerprint density at radius 3 is 2.56 bits per heavy atom. The molecule has 0 amide bonds. The minimum absolute atomic E-state index is 0.767. The molecule has 0 unspecified atom stereocenters. The first-order valence-corrected chi connectivity index (χ1v) is 8.62. The molecule has 0 saturated heterocycles. The van der Waals surface area contributed by atoms with E-state index in [0.717, 1.165) is 51.2 Å². The molecule has 1 aliphatic heterocycles. The first-order chi connectivity index (χ1) is 13.2. The first kappa shape index (κ1) is 15.5. The molecule has 27 heavy (non-hydrogen) atoms. The maximum atomic E-state index is 4.93. The lowest BCUT2D eigenvalue weighted by atomic mass is 10.1. The van der Waals surface area contributed by atoms with Crippen LogP contribution in [0.3, 0.4) is 0 Å². The van der Waals surface area contributed by atoms with Crippen molar-refractivity contribution in [2.24, 2.45) is 0 Å². The third-order valence-electron chi connectivity index (χ3n) is 4.58. The Labute approximate surface area is 156 Å². The van der Waals surface area contributed by atoms with E-state index in [4.69, 9.17) is 4.98 Å². The van der Waals surface area contributed by atoms with E-state index in [-0.39, 0.29) is 0 Å². The van der Waals surface area contributed by atoms with Gasteiger partial charge >= 0.3 is 0 Å². The van der Waals surface area contributed by atoms with Crippen LogP contribution in [-0.2, 0) is 0 Å². The minimum atomic E-state index is 0.767. The van der Waals surface area contributed by atoms with Crippen LogP contribution in [0.5, 0.6) is 0 Å². The minimum Gasteiger partial charge on any atom is -0.362 e. The van der Waals surface area contributed by atoms with E-state index < -0.39 is 0 Å². The van der Waals surface area contributed by atoms with E-state index in [2.05, 4.69) is 25.3 Å². The Kier molecular flexibility index (Phi) is 3.39. The van der Waals surface area contributed by atoms with Gasteiger partial charge in [-0.3, -0.25) is 4.98 Å². The van der Waals surface area contributed by atoms with Gasteiger partial charge in [-0.05, 0) is 30.3 Å². The molecule has 5 rings (SSSR count). The number of nitrogens with zero attached hydrogens (tertiary/aromatic N) is 5. The zero-order chi connectivity index (χ0) is 18.4. The molecule has 0 saturated carbocycles. The number of hydrogen-bond acceptors (Lipinski definition) is 6. The second kappa shape index (κ2) is 5.91. The summed E-state index contributed by atoms with van der Waals surface area (Å²) < 4.78 is 0. The molecule has 0 radical (unpaired) electrons. The van der Waals surface area contributed by atoms with Gasteiger partial charge in [0.05, 0.1) is 16.9 Å². The summed E-state index contributed by atoms with van der Waals surface area (Å²) in [5, 5.41) is 3.39. The van der Waals surface area contributed by atoms with E-state index in [9.17, 15) is 0 Å². The Morgan fingerprint density at radius 1 is 0.889 bits per heavy atom. The van der Waals surface area contributed by atoms with Gasteiger partial charge in [0.1, 0.15) is 23.2 Å². The van der Waals surface area contributed by atoms with Crippen molar-refractivity contribution in [2.45, 2.75) is 0 Å². The number of aromatic nitrogens is 5. The van der Waals surface area contributed by atoms with E-state index in [1.54, 1.807) is 18.6 Å². The van der Waals surface area contributed by atoms with Crippen LogP contribution in [0.25, 0.3) is 33.9 Å². The highest BCUT2D eigenvalue weighted by molar-refractivity contribution is 5.95. The number of nitrogens with one attached hydrogen (secondary N) is 2. The van der Waals surface area contributed by atoms with Gasteiger partial charge in [0.2, 0.25) is 0 Å². The molecule has 7 heteroatoms. The lowest BCUT2D eigenvalue weighted by Gasteiger charge is -2.14. The number of rotatable bonds is 2. The van der Waals surface area contributed by atoms with Crippen LogP contribution in [0.2, 0.25) is 0 Å². The third-order valence-corrected chi connectivity index (χ3v) is 4.58. The Hall–Kier alpha value is -3.74. The number of anilines is 3. The average Bonchev–Trinajstić information content (AvgIpc) is 3.08. The molecule has 1 aliphatic rings. The highest BCUT2D eigenvalue weighted by Crippen LogP contribution is 2.43. The number of imidazole rings is 1. The zero-order valence-electron chi connectivity index (χ0n) is 14.9. The van der Waals surface area contributed by atoms with E-state index in [1.807, 2.05) is 55.5 Å². The van der Waals surface area contributed by atoms with Crippen molar-refractivity contribution in [3.8, 4) is 33.9 Å². The molecule has 0 aromatic carbocycles. The predicted molar refractivity (Wildman–Crippen MR) is 106 cm³/mol. The van der Waals surface area contributed by atoms with E-state index >= 15 is 0 Å². The molecule has 5 heterocycles. The fourth-order valence-electron chi connectivity index (χ4n) is 3.36. The molecular weight excluding hydrogens is 338 g/mol. The van der Waals surface area contributed by atoms with Gasteiger partial charge in [-0.2, -0.15) is 0 Å². The van der Waals surface area contributed by atoms with Crippen molar-refractivity contribution in [2.75, 3.05) is 24.3 Å². The molecule has 4 aromatic rings. The molecular formula is C20H17N7. The fourth-order valence-corrected chi connectivity index (χ4v) is 3.36. The van der Waals surface area contributed by atoms with Crippen LogP contribution >= 0.6 is 0 Å². The molecule has 4 aromatic heterocycles. The SMILES string of the molecule is CN(C)c1ncccc1-c1nc2c([nH]1)-c1cnccc1Nc1ncccc1-2. The monoisotopic (exact) mass is 355 g/mol. The lowest BCUT2D eigenvalue weighted by Crippen LogP contribution is -2.12. The molecule has 2 N–H and O–H groups in total. The van der Waals surface area contributed by atoms with Crippen molar-refractivity contribution in [1.82, 2.24) is 24.9 Å². The van der Waals surface area contributed by atoms with Gasteiger partial charge in [0, 0.05) is 50.0 Å². The largest absolute Gasteiger partial charge is 0.362 e. The first-order valence-electron chi connectivity index (χ1n) is 8.62. The van der Waals surface area contributed by atoms with Crippen LogP contribution in [0, 0.1) is 0 Å². The van der Waals surface area contributed by atoms with E-state index in [1.165, 1.54) is 0 Å².